The van der Waals surface area contributed by atoms with Crippen molar-refractivity contribution in [2.45, 2.75) is 13.0 Å². The van der Waals surface area contributed by atoms with E-state index in [0.717, 1.165) is 21.3 Å². The summed E-state index contributed by atoms with van der Waals surface area (Å²) in [4.78, 5) is 12.9. The third-order valence-electron chi connectivity index (χ3n) is 4.89. The lowest BCUT2D eigenvalue weighted by atomic mass is 10.1. The number of ether oxygens (including phenoxy) is 2. The van der Waals surface area contributed by atoms with Gasteiger partial charge in [0.05, 0.1) is 11.9 Å². The molecule has 4 rings (SSSR count). The fourth-order valence-corrected chi connectivity index (χ4v) is 4.66. The van der Waals surface area contributed by atoms with E-state index in [0.29, 0.717) is 36.1 Å². The number of hydrogen-bond donors (Lipinski definition) is 1. The highest BCUT2D eigenvalue weighted by molar-refractivity contribution is 7.92. The zero-order valence-corrected chi connectivity index (χ0v) is 17.5. The summed E-state index contributed by atoms with van der Waals surface area (Å²) in [6.45, 7) is 2.37. The highest BCUT2D eigenvalue weighted by Crippen LogP contribution is 2.35. The van der Waals surface area contributed by atoms with Crippen LogP contribution in [0.2, 0.25) is 0 Å². The Kier molecular flexibility index (Phi) is 5.26. The van der Waals surface area contributed by atoms with Crippen LogP contribution in [0, 0.1) is 0 Å². The van der Waals surface area contributed by atoms with Crippen LogP contribution < -0.4 is 19.1 Å². The first-order chi connectivity index (χ1) is 14.3. The minimum absolute atomic E-state index is 0.336. The van der Waals surface area contributed by atoms with Gasteiger partial charge in [-0.1, -0.05) is 30.3 Å². The van der Waals surface area contributed by atoms with Crippen molar-refractivity contribution in [3.63, 3.8) is 0 Å². The maximum absolute atomic E-state index is 12.9. The summed E-state index contributed by atoms with van der Waals surface area (Å²) >= 11 is 0. The normalized spacial score (nSPS) is 14.2. The molecule has 1 N–H and O–H groups in total. The Morgan fingerprint density at radius 3 is 2.40 bits per heavy atom. The van der Waals surface area contributed by atoms with E-state index in [9.17, 15) is 13.2 Å². The highest BCUT2D eigenvalue weighted by atomic mass is 32.2. The van der Waals surface area contributed by atoms with Crippen molar-refractivity contribution in [2.24, 2.45) is 0 Å². The van der Waals surface area contributed by atoms with Gasteiger partial charge in [0.2, 0.25) is 15.9 Å². The summed E-state index contributed by atoms with van der Waals surface area (Å²) < 4.78 is 37.2. The SMILES string of the molecule is C[C@@H](C(=O)Nc1ccc2ccccc2c1)N(c1ccc2c(c1)OCCO2)S(C)(=O)=O. The molecule has 0 aliphatic carbocycles. The van der Waals surface area contributed by atoms with E-state index in [1.165, 1.54) is 0 Å². The van der Waals surface area contributed by atoms with E-state index in [1.807, 2.05) is 36.4 Å². The molecule has 3 aromatic rings. The average molecular weight is 426 g/mol. The third kappa shape index (κ3) is 4.04. The molecular formula is C22H22N2O5S. The predicted octanol–water partition coefficient (Wildman–Crippen LogP) is 3.40. The number of sulfonamides is 1. The second kappa shape index (κ2) is 7.87. The lowest BCUT2D eigenvalue weighted by Gasteiger charge is -2.29. The second-order valence-corrected chi connectivity index (χ2v) is 8.97. The molecule has 30 heavy (non-hydrogen) atoms. The van der Waals surface area contributed by atoms with Crippen molar-refractivity contribution in [1.82, 2.24) is 0 Å². The molecule has 7 nitrogen and oxygen atoms in total. The summed E-state index contributed by atoms with van der Waals surface area (Å²) in [5.74, 6) is 0.562. The third-order valence-corrected chi connectivity index (χ3v) is 6.13. The largest absolute Gasteiger partial charge is 0.486 e. The highest BCUT2D eigenvalue weighted by Gasteiger charge is 2.30. The van der Waals surface area contributed by atoms with Gasteiger partial charge in [0, 0.05) is 11.8 Å². The molecule has 0 saturated carbocycles. The molecule has 0 spiro atoms. The van der Waals surface area contributed by atoms with E-state index < -0.39 is 22.0 Å². The number of carbonyl (C=O) groups excluding carboxylic acids is 1. The molecule has 156 valence electrons. The van der Waals surface area contributed by atoms with Gasteiger partial charge in [-0.2, -0.15) is 0 Å². The monoisotopic (exact) mass is 426 g/mol. The van der Waals surface area contributed by atoms with Crippen LogP contribution in [0.1, 0.15) is 6.92 Å². The lowest BCUT2D eigenvalue weighted by Crippen LogP contribution is -2.45. The van der Waals surface area contributed by atoms with Crippen LogP contribution in [0.3, 0.4) is 0 Å². The van der Waals surface area contributed by atoms with Crippen molar-refractivity contribution in [2.75, 3.05) is 29.1 Å². The Morgan fingerprint density at radius 2 is 1.67 bits per heavy atom. The zero-order valence-electron chi connectivity index (χ0n) is 16.7. The first-order valence-electron chi connectivity index (χ1n) is 9.52. The quantitative estimate of drug-likeness (QED) is 0.676. The summed E-state index contributed by atoms with van der Waals surface area (Å²) in [5.41, 5.74) is 0.934. The smallest absolute Gasteiger partial charge is 0.247 e. The van der Waals surface area contributed by atoms with Crippen LogP contribution in [0.25, 0.3) is 10.8 Å². The number of anilines is 2. The minimum Gasteiger partial charge on any atom is -0.486 e. The predicted molar refractivity (Wildman–Crippen MR) is 117 cm³/mol. The van der Waals surface area contributed by atoms with E-state index >= 15 is 0 Å². The van der Waals surface area contributed by atoms with E-state index in [4.69, 9.17) is 9.47 Å². The Labute approximate surface area is 175 Å². The van der Waals surface area contributed by atoms with Gasteiger partial charge in [-0.15, -0.1) is 0 Å². The number of rotatable bonds is 5. The van der Waals surface area contributed by atoms with E-state index in [1.54, 1.807) is 31.2 Å². The average Bonchev–Trinajstić information content (AvgIpc) is 2.72. The van der Waals surface area contributed by atoms with Crippen LogP contribution >= 0.6 is 0 Å². The molecule has 8 heteroatoms. The van der Waals surface area contributed by atoms with Gasteiger partial charge < -0.3 is 14.8 Å². The zero-order chi connectivity index (χ0) is 21.3. The topological polar surface area (TPSA) is 84.9 Å². The first kappa shape index (κ1) is 20.0. The number of amides is 1. The summed E-state index contributed by atoms with van der Waals surface area (Å²) in [7, 11) is -3.74. The lowest BCUT2D eigenvalue weighted by molar-refractivity contribution is -0.116. The van der Waals surface area contributed by atoms with Crippen LogP contribution in [-0.4, -0.2) is 39.8 Å². The van der Waals surface area contributed by atoms with Gasteiger partial charge >= 0.3 is 0 Å². The summed E-state index contributed by atoms with van der Waals surface area (Å²) in [6, 6.07) is 17.2. The molecule has 0 aromatic heterocycles. The molecule has 0 fully saturated rings. The Morgan fingerprint density at radius 1 is 0.967 bits per heavy atom. The molecule has 1 aliphatic rings. The fourth-order valence-electron chi connectivity index (χ4n) is 3.49. The van der Waals surface area contributed by atoms with Crippen LogP contribution in [-0.2, 0) is 14.8 Å². The second-order valence-electron chi connectivity index (χ2n) is 7.11. The van der Waals surface area contributed by atoms with Crippen LogP contribution in [0.5, 0.6) is 11.5 Å². The number of nitrogens with one attached hydrogen (secondary N) is 1. The number of carbonyl (C=O) groups is 1. The van der Waals surface area contributed by atoms with Crippen LogP contribution in [0.4, 0.5) is 11.4 Å². The Hall–Kier alpha value is -3.26. The molecule has 0 radical (unpaired) electrons. The van der Waals surface area contributed by atoms with Gasteiger partial charge in [0.1, 0.15) is 19.3 Å². The fraction of sp³-hybridized carbons (Fsp3) is 0.227. The van der Waals surface area contributed by atoms with Crippen molar-refractivity contribution in [3.8, 4) is 11.5 Å². The van der Waals surface area contributed by atoms with Crippen molar-refractivity contribution < 1.29 is 22.7 Å². The molecule has 0 bridgehead atoms. The molecule has 1 amide bonds. The molecule has 1 heterocycles. The standard InChI is InChI=1S/C22H22N2O5S/c1-15(22(25)23-18-8-7-16-5-3-4-6-17(16)13-18)24(30(2,26)27)19-9-10-20-21(14-19)29-12-11-28-20/h3-10,13-15H,11-12H2,1-2H3,(H,23,25)/t15-/m0/s1. The van der Waals surface area contributed by atoms with Gasteiger partial charge in [0.15, 0.2) is 11.5 Å². The van der Waals surface area contributed by atoms with Crippen LogP contribution in [0.15, 0.2) is 60.7 Å². The van der Waals surface area contributed by atoms with E-state index in [2.05, 4.69) is 5.32 Å². The summed E-state index contributed by atoms with van der Waals surface area (Å²) in [5, 5.41) is 4.85. The van der Waals surface area contributed by atoms with Crippen molar-refractivity contribution in [1.29, 1.82) is 0 Å². The number of benzene rings is 3. The molecule has 0 saturated heterocycles. The number of nitrogens with zero attached hydrogens (tertiary/aromatic N) is 1. The maximum Gasteiger partial charge on any atom is 0.247 e. The molecule has 3 aromatic carbocycles. The number of hydrogen-bond acceptors (Lipinski definition) is 5. The summed E-state index contributed by atoms with van der Waals surface area (Å²) in [6.07, 6.45) is 1.07. The van der Waals surface area contributed by atoms with Gasteiger partial charge in [-0.25, -0.2) is 8.42 Å². The van der Waals surface area contributed by atoms with E-state index in [-0.39, 0.29) is 0 Å². The minimum atomic E-state index is -3.74. The number of fused-ring (bicyclic) bond motifs is 2. The first-order valence-corrected chi connectivity index (χ1v) is 11.4. The van der Waals surface area contributed by atoms with Gasteiger partial charge in [-0.3, -0.25) is 9.10 Å². The molecule has 0 unspecified atom stereocenters. The van der Waals surface area contributed by atoms with Crippen molar-refractivity contribution in [3.05, 3.63) is 60.7 Å². The maximum atomic E-state index is 12.9. The Balaban J connectivity index is 1.61. The molecule has 1 aliphatic heterocycles. The van der Waals surface area contributed by atoms with Gasteiger partial charge in [-0.05, 0) is 42.0 Å². The molecule has 1 atom stereocenters. The van der Waals surface area contributed by atoms with Gasteiger partial charge in [0.25, 0.3) is 0 Å². The molecular weight excluding hydrogens is 404 g/mol. The van der Waals surface area contributed by atoms with Crippen molar-refractivity contribution >= 4 is 38.1 Å². The Bertz CT molecular complexity index is 1210.